The van der Waals surface area contributed by atoms with Crippen LogP contribution in [0.4, 0.5) is 0 Å². The zero-order chi connectivity index (χ0) is 15.4. The van der Waals surface area contributed by atoms with Gasteiger partial charge in [0, 0.05) is 17.7 Å². The number of rotatable bonds is 4. The Morgan fingerprint density at radius 3 is 2.67 bits per heavy atom. The molecule has 1 aromatic rings. The number of amides is 1. The van der Waals surface area contributed by atoms with Crippen LogP contribution in [-0.2, 0) is 4.79 Å². The first kappa shape index (κ1) is 15.3. The Bertz CT molecular complexity index is 565. The number of hydrogen-bond donors (Lipinski definition) is 2. The second-order valence-corrected chi connectivity index (χ2v) is 5.79. The average molecular weight is 287 g/mol. The number of carbonyl (C=O) groups excluding carboxylic acids is 1. The monoisotopic (exact) mass is 287 g/mol. The predicted octanol–water partition coefficient (Wildman–Crippen LogP) is 2.95. The van der Waals surface area contributed by atoms with Crippen molar-refractivity contribution in [2.75, 3.05) is 0 Å². The molecule has 0 radical (unpaired) electrons. The van der Waals surface area contributed by atoms with Crippen molar-refractivity contribution < 1.29 is 14.7 Å². The van der Waals surface area contributed by atoms with E-state index in [1.165, 1.54) is 6.08 Å². The number of hydrogen-bond acceptors (Lipinski definition) is 2. The molecule has 1 saturated carbocycles. The van der Waals surface area contributed by atoms with Crippen molar-refractivity contribution in [3.63, 3.8) is 0 Å². The first-order valence-electron chi connectivity index (χ1n) is 7.29. The molecule has 112 valence electrons. The number of nitrogens with one attached hydrogen (secondary N) is 1. The zero-order valence-electron chi connectivity index (χ0n) is 12.4. The molecule has 0 bridgehead atoms. The van der Waals surface area contributed by atoms with Crippen LogP contribution < -0.4 is 5.32 Å². The molecule has 3 unspecified atom stereocenters. The van der Waals surface area contributed by atoms with Gasteiger partial charge in [-0.15, -0.1) is 0 Å². The number of carboxylic acids is 1. The smallest absolute Gasteiger partial charge is 0.328 e. The molecule has 1 fully saturated rings. The van der Waals surface area contributed by atoms with Crippen molar-refractivity contribution >= 4 is 18.0 Å². The van der Waals surface area contributed by atoms with Gasteiger partial charge in [0.2, 0.25) is 0 Å². The summed E-state index contributed by atoms with van der Waals surface area (Å²) in [4.78, 5) is 22.8. The maximum atomic E-state index is 12.3. The van der Waals surface area contributed by atoms with Crippen LogP contribution in [0.1, 0.15) is 42.6 Å². The minimum absolute atomic E-state index is 0.0912. The normalized spacial score (nSPS) is 25.1. The summed E-state index contributed by atoms with van der Waals surface area (Å²) in [7, 11) is 0. The summed E-state index contributed by atoms with van der Waals surface area (Å²) in [5, 5.41) is 11.7. The number of aliphatic carboxylic acids is 1. The molecule has 0 saturated heterocycles. The average Bonchev–Trinajstić information content (AvgIpc) is 2.77. The van der Waals surface area contributed by atoms with E-state index < -0.39 is 5.97 Å². The van der Waals surface area contributed by atoms with Crippen LogP contribution in [0.25, 0.3) is 6.08 Å². The minimum atomic E-state index is -1.00. The van der Waals surface area contributed by atoms with Gasteiger partial charge in [0.05, 0.1) is 0 Å². The molecule has 1 aromatic carbocycles. The van der Waals surface area contributed by atoms with E-state index in [0.29, 0.717) is 23.0 Å². The lowest BCUT2D eigenvalue weighted by atomic mass is 9.97. The number of carboxylic acid groups (broad SMARTS) is 1. The summed E-state index contributed by atoms with van der Waals surface area (Å²) in [6, 6.07) is 7.22. The van der Waals surface area contributed by atoms with E-state index in [1.54, 1.807) is 24.3 Å². The van der Waals surface area contributed by atoms with Gasteiger partial charge in [0.15, 0.2) is 0 Å². The summed E-state index contributed by atoms with van der Waals surface area (Å²) < 4.78 is 0. The molecule has 1 amide bonds. The molecule has 2 N–H and O–H groups in total. The Morgan fingerprint density at radius 1 is 1.29 bits per heavy atom. The minimum Gasteiger partial charge on any atom is -0.478 e. The summed E-state index contributed by atoms with van der Waals surface area (Å²) >= 11 is 0. The zero-order valence-corrected chi connectivity index (χ0v) is 12.4. The van der Waals surface area contributed by atoms with Gasteiger partial charge < -0.3 is 10.4 Å². The molecular formula is C17H21NO3. The van der Waals surface area contributed by atoms with E-state index in [2.05, 4.69) is 19.2 Å². The van der Waals surface area contributed by atoms with Gasteiger partial charge >= 0.3 is 5.97 Å². The largest absolute Gasteiger partial charge is 0.478 e. The summed E-state index contributed by atoms with van der Waals surface area (Å²) in [6.45, 7) is 4.39. The van der Waals surface area contributed by atoms with Crippen LogP contribution >= 0.6 is 0 Å². The second kappa shape index (κ2) is 6.57. The lowest BCUT2D eigenvalue weighted by molar-refractivity contribution is -0.131. The lowest BCUT2D eigenvalue weighted by Crippen LogP contribution is -2.37. The third-order valence-corrected chi connectivity index (χ3v) is 4.35. The summed E-state index contributed by atoms with van der Waals surface area (Å²) in [6.07, 6.45) is 4.72. The summed E-state index contributed by atoms with van der Waals surface area (Å²) in [5.41, 5.74) is 1.27. The maximum absolute atomic E-state index is 12.3. The van der Waals surface area contributed by atoms with Crippen LogP contribution in [0.2, 0.25) is 0 Å². The van der Waals surface area contributed by atoms with Gasteiger partial charge in [-0.2, -0.15) is 0 Å². The highest BCUT2D eigenvalue weighted by Gasteiger charge is 2.30. The molecule has 0 aromatic heterocycles. The molecule has 0 spiro atoms. The van der Waals surface area contributed by atoms with Gasteiger partial charge in [-0.25, -0.2) is 4.79 Å². The van der Waals surface area contributed by atoms with E-state index >= 15 is 0 Å². The third-order valence-electron chi connectivity index (χ3n) is 4.35. The van der Waals surface area contributed by atoms with Gasteiger partial charge in [-0.3, -0.25) is 4.79 Å². The Morgan fingerprint density at radius 2 is 2.05 bits per heavy atom. The predicted molar refractivity (Wildman–Crippen MR) is 81.9 cm³/mol. The standard InChI is InChI=1S/C17H21NO3/c1-11-6-8-15(12(11)2)18-17(21)14-5-3-4-13(10-14)7-9-16(19)20/h3-5,7,9-12,15H,6,8H2,1-2H3,(H,18,21)(H,19,20). The molecule has 2 rings (SSSR count). The van der Waals surface area contributed by atoms with E-state index in [-0.39, 0.29) is 11.9 Å². The van der Waals surface area contributed by atoms with Crippen LogP contribution in [-0.4, -0.2) is 23.0 Å². The molecular weight excluding hydrogens is 266 g/mol. The van der Waals surface area contributed by atoms with Crippen molar-refractivity contribution in [2.45, 2.75) is 32.7 Å². The highest BCUT2D eigenvalue weighted by atomic mass is 16.4. The van der Waals surface area contributed by atoms with E-state index in [4.69, 9.17) is 5.11 Å². The molecule has 4 nitrogen and oxygen atoms in total. The van der Waals surface area contributed by atoms with Crippen molar-refractivity contribution in [3.8, 4) is 0 Å². The van der Waals surface area contributed by atoms with Crippen molar-refractivity contribution in [2.24, 2.45) is 11.8 Å². The van der Waals surface area contributed by atoms with Gasteiger partial charge in [-0.1, -0.05) is 26.0 Å². The van der Waals surface area contributed by atoms with E-state index in [1.807, 2.05) is 0 Å². The number of carbonyl (C=O) groups is 2. The van der Waals surface area contributed by atoms with Crippen molar-refractivity contribution in [1.82, 2.24) is 5.32 Å². The van der Waals surface area contributed by atoms with Gasteiger partial charge in [0.1, 0.15) is 0 Å². The molecule has 1 aliphatic rings. The highest BCUT2D eigenvalue weighted by molar-refractivity contribution is 5.95. The third kappa shape index (κ3) is 3.94. The topological polar surface area (TPSA) is 66.4 Å². The SMILES string of the molecule is CC1CCC(NC(=O)c2cccc(C=CC(=O)O)c2)C1C. The molecule has 4 heteroatoms. The molecule has 0 heterocycles. The molecule has 0 aliphatic heterocycles. The molecule has 3 atom stereocenters. The van der Waals surface area contributed by atoms with Gasteiger partial charge in [-0.05, 0) is 48.4 Å². The van der Waals surface area contributed by atoms with Crippen LogP contribution in [0.3, 0.4) is 0 Å². The number of benzene rings is 1. The Hall–Kier alpha value is -2.10. The van der Waals surface area contributed by atoms with Crippen LogP contribution in [0, 0.1) is 11.8 Å². The fourth-order valence-electron chi connectivity index (χ4n) is 2.77. The molecule has 1 aliphatic carbocycles. The quantitative estimate of drug-likeness (QED) is 0.837. The van der Waals surface area contributed by atoms with Gasteiger partial charge in [0.25, 0.3) is 5.91 Å². The second-order valence-electron chi connectivity index (χ2n) is 5.79. The Labute approximate surface area is 124 Å². The van der Waals surface area contributed by atoms with E-state index in [9.17, 15) is 9.59 Å². The Balaban J connectivity index is 2.06. The fourth-order valence-corrected chi connectivity index (χ4v) is 2.77. The molecule has 21 heavy (non-hydrogen) atoms. The van der Waals surface area contributed by atoms with Crippen molar-refractivity contribution in [3.05, 3.63) is 41.5 Å². The lowest BCUT2D eigenvalue weighted by Gasteiger charge is -2.19. The van der Waals surface area contributed by atoms with Crippen LogP contribution in [0.15, 0.2) is 30.3 Å². The first-order valence-corrected chi connectivity index (χ1v) is 7.29. The highest BCUT2D eigenvalue weighted by Crippen LogP contribution is 2.31. The summed E-state index contributed by atoms with van der Waals surface area (Å²) in [5.74, 6) is 0.0364. The Kier molecular flexibility index (Phi) is 4.78. The maximum Gasteiger partial charge on any atom is 0.328 e. The van der Waals surface area contributed by atoms with E-state index in [0.717, 1.165) is 18.9 Å². The first-order chi connectivity index (χ1) is 9.97. The van der Waals surface area contributed by atoms with Crippen LogP contribution in [0.5, 0.6) is 0 Å². The fraction of sp³-hybridized carbons (Fsp3) is 0.412. The van der Waals surface area contributed by atoms with Crippen molar-refractivity contribution in [1.29, 1.82) is 0 Å².